The second kappa shape index (κ2) is 7.67. The van der Waals surface area contributed by atoms with Gasteiger partial charge in [-0.3, -0.25) is 9.69 Å². The molecule has 7 nitrogen and oxygen atoms in total. The third kappa shape index (κ3) is 3.83. The van der Waals surface area contributed by atoms with Crippen molar-refractivity contribution in [1.82, 2.24) is 14.5 Å². The molecular formula is C17H20ClN3O4. The van der Waals surface area contributed by atoms with Crippen LogP contribution in [0.2, 0.25) is 5.02 Å². The summed E-state index contributed by atoms with van der Waals surface area (Å²) in [5, 5.41) is 9.77. The van der Waals surface area contributed by atoms with E-state index in [-0.39, 0.29) is 17.8 Å². The fourth-order valence-corrected chi connectivity index (χ4v) is 2.70. The molecule has 0 aliphatic rings. The number of aromatic nitrogens is 2. The Hall–Kier alpha value is -2.38. The standard InChI is InChI=1S/C17H20ClN3O4/c1-4-20(5-2)9-12-14(16(23)24)19-17(25)21(15(12)22)11-7-6-10(3)13(18)8-11/h6-8H,4-5,9H2,1-3H3,(H,19,25)(H,23,24). The van der Waals surface area contributed by atoms with Crippen LogP contribution in [-0.2, 0) is 6.54 Å². The quantitative estimate of drug-likeness (QED) is 0.816. The van der Waals surface area contributed by atoms with E-state index in [9.17, 15) is 19.5 Å². The van der Waals surface area contributed by atoms with Crippen molar-refractivity contribution in [2.75, 3.05) is 13.1 Å². The second-order valence-electron chi connectivity index (χ2n) is 5.62. The Morgan fingerprint density at radius 1 is 1.28 bits per heavy atom. The molecule has 0 fully saturated rings. The van der Waals surface area contributed by atoms with Crippen LogP contribution in [0.4, 0.5) is 0 Å². The summed E-state index contributed by atoms with van der Waals surface area (Å²) in [6.45, 7) is 7.04. The predicted octanol–water partition coefficient (Wildman–Crippen LogP) is 2.03. The summed E-state index contributed by atoms with van der Waals surface area (Å²) in [4.78, 5) is 40.9. The van der Waals surface area contributed by atoms with Gasteiger partial charge in [0, 0.05) is 11.6 Å². The van der Waals surface area contributed by atoms with Crippen molar-refractivity contribution in [2.45, 2.75) is 27.3 Å². The van der Waals surface area contributed by atoms with E-state index >= 15 is 0 Å². The Morgan fingerprint density at radius 2 is 1.92 bits per heavy atom. The molecule has 0 aliphatic heterocycles. The molecule has 0 unspecified atom stereocenters. The molecule has 1 heterocycles. The van der Waals surface area contributed by atoms with E-state index < -0.39 is 17.2 Å². The van der Waals surface area contributed by atoms with E-state index in [1.54, 1.807) is 19.1 Å². The fourth-order valence-electron chi connectivity index (χ4n) is 2.53. The van der Waals surface area contributed by atoms with Crippen molar-refractivity contribution < 1.29 is 9.90 Å². The van der Waals surface area contributed by atoms with Crippen molar-refractivity contribution in [3.8, 4) is 5.69 Å². The molecular weight excluding hydrogens is 346 g/mol. The van der Waals surface area contributed by atoms with Crippen molar-refractivity contribution in [3.05, 3.63) is 60.9 Å². The number of hydrogen-bond donors (Lipinski definition) is 2. The van der Waals surface area contributed by atoms with Gasteiger partial charge in [0.1, 0.15) is 5.69 Å². The molecule has 0 bridgehead atoms. The Bertz CT molecular complexity index is 913. The number of carboxylic acids is 1. The lowest BCUT2D eigenvalue weighted by Crippen LogP contribution is -2.40. The highest BCUT2D eigenvalue weighted by atomic mass is 35.5. The summed E-state index contributed by atoms with van der Waals surface area (Å²) in [5.74, 6) is -1.34. The zero-order valence-corrected chi connectivity index (χ0v) is 15.1. The SMILES string of the molecule is CCN(CC)Cc1c(C(=O)O)[nH]c(=O)n(-c2ccc(C)c(Cl)c2)c1=O. The first-order valence-corrected chi connectivity index (χ1v) is 8.28. The number of nitrogens with one attached hydrogen (secondary N) is 1. The van der Waals surface area contributed by atoms with Crippen molar-refractivity contribution in [1.29, 1.82) is 0 Å². The molecule has 0 aliphatic carbocycles. The molecule has 1 aromatic carbocycles. The third-order valence-corrected chi connectivity index (χ3v) is 4.51. The van der Waals surface area contributed by atoms with Crippen LogP contribution in [0.3, 0.4) is 0 Å². The molecule has 2 N–H and O–H groups in total. The Morgan fingerprint density at radius 3 is 2.44 bits per heavy atom. The number of hydrogen-bond acceptors (Lipinski definition) is 4. The zero-order chi connectivity index (χ0) is 18.7. The van der Waals surface area contributed by atoms with Gasteiger partial charge in [-0.25, -0.2) is 14.2 Å². The highest BCUT2D eigenvalue weighted by molar-refractivity contribution is 6.31. The minimum absolute atomic E-state index is 0.0347. The van der Waals surface area contributed by atoms with Gasteiger partial charge in [-0.2, -0.15) is 0 Å². The molecule has 1 aromatic heterocycles. The number of aryl methyl sites for hydroxylation is 1. The largest absolute Gasteiger partial charge is 0.477 e. The van der Waals surface area contributed by atoms with E-state index in [2.05, 4.69) is 4.98 Å². The van der Waals surface area contributed by atoms with E-state index in [1.165, 1.54) is 6.07 Å². The van der Waals surface area contributed by atoms with Gasteiger partial charge in [0.15, 0.2) is 0 Å². The molecule has 0 amide bonds. The van der Waals surface area contributed by atoms with E-state index in [1.807, 2.05) is 18.7 Å². The Labute approximate surface area is 149 Å². The van der Waals surface area contributed by atoms with E-state index in [4.69, 9.17) is 11.6 Å². The first kappa shape index (κ1) is 19.0. The van der Waals surface area contributed by atoms with Crippen LogP contribution in [-0.4, -0.2) is 38.6 Å². The van der Waals surface area contributed by atoms with Crippen LogP contribution in [0.15, 0.2) is 27.8 Å². The van der Waals surface area contributed by atoms with Gasteiger partial charge in [-0.15, -0.1) is 0 Å². The van der Waals surface area contributed by atoms with Crippen molar-refractivity contribution >= 4 is 17.6 Å². The number of nitrogens with zero attached hydrogens (tertiary/aromatic N) is 2. The zero-order valence-electron chi connectivity index (χ0n) is 14.3. The topological polar surface area (TPSA) is 95.4 Å². The predicted molar refractivity (Wildman–Crippen MR) is 96.0 cm³/mol. The first-order valence-electron chi connectivity index (χ1n) is 7.90. The number of benzene rings is 1. The van der Waals surface area contributed by atoms with Gasteiger partial charge >= 0.3 is 11.7 Å². The molecule has 8 heteroatoms. The highest BCUT2D eigenvalue weighted by Gasteiger charge is 2.21. The summed E-state index contributed by atoms with van der Waals surface area (Å²) in [5.41, 5.74) is -0.720. The van der Waals surface area contributed by atoms with Crippen molar-refractivity contribution in [2.24, 2.45) is 0 Å². The fraction of sp³-hybridized carbons (Fsp3) is 0.353. The summed E-state index contributed by atoms with van der Waals surface area (Å²) in [6.07, 6.45) is 0. The van der Waals surface area contributed by atoms with Gasteiger partial charge < -0.3 is 10.1 Å². The normalized spacial score (nSPS) is 11.1. The lowest BCUT2D eigenvalue weighted by Gasteiger charge is -2.19. The van der Waals surface area contributed by atoms with E-state index in [0.717, 1.165) is 10.1 Å². The minimum Gasteiger partial charge on any atom is -0.477 e. The van der Waals surface area contributed by atoms with Crippen LogP contribution in [0.5, 0.6) is 0 Å². The molecule has 0 spiro atoms. The number of aromatic amines is 1. The monoisotopic (exact) mass is 365 g/mol. The summed E-state index contributed by atoms with van der Waals surface area (Å²) in [6, 6.07) is 4.80. The van der Waals surface area contributed by atoms with Crippen LogP contribution >= 0.6 is 11.6 Å². The molecule has 2 rings (SSSR count). The average Bonchev–Trinajstić information content (AvgIpc) is 2.57. The minimum atomic E-state index is -1.34. The maximum atomic E-state index is 12.9. The lowest BCUT2D eigenvalue weighted by atomic mass is 10.2. The Balaban J connectivity index is 2.74. The summed E-state index contributed by atoms with van der Waals surface area (Å²) >= 11 is 6.09. The number of H-pyrrole nitrogens is 1. The number of carbonyl (C=O) groups is 1. The maximum absolute atomic E-state index is 12.9. The van der Waals surface area contributed by atoms with E-state index in [0.29, 0.717) is 23.8 Å². The molecule has 25 heavy (non-hydrogen) atoms. The first-order chi connectivity index (χ1) is 11.8. The van der Waals surface area contributed by atoms with Crippen LogP contribution in [0, 0.1) is 6.92 Å². The molecule has 0 saturated carbocycles. The highest BCUT2D eigenvalue weighted by Crippen LogP contribution is 2.18. The third-order valence-electron chi connectivity index (χ3n) is 4.10. The van der Waals surface area contributed by atoms with Crippen LogP contribution in [0.1, 0.15) is 35.5 Å². The van der Waals surface area contributed by atoms with Crippen LogP contribution in [0.25, 0.3) is 5.69 Å². The van der Waals surface area contributed by atoms with Gasteiger partial charge in [-0.1, -0.05) is 31.5 Å². The molecule has 0 saturated heterocycles. The van der Waals surface area contributed by atoms with Gasteiger partial charge in [-0.05, 0) is 37.7 Å². The summed E-state index contributed by atoms with van der Waals surface area (Å²) in [7, 11) is 0. The van der Waals surface area contributed by atoms with Gasteiger partial charge in [0.25, 0.3) is 5.56 Å². The van der Waals surface area contributed by atoms with Gasteiger partial charge in [0.05, 0.1) is 11.3 Å². The number of rotatable bonds is 6. The van der Waals surface area contributed by atoms with Crippen LogP contribution < -0.4 is 11.2 Å². The molecule has 2 aromatic rings. The maximum Gasteiger partial charge on any atom is 0.352 e. The van der Waals surface area contributed by atoms with Crippen molar-refractivity contribution in [3.63, 3.8) is 0 Å². The second-order valence-corrected chi connectivity index (χ2v) is 6.03. The molecule has 0 radical (unpaired) electrons. The van der Waals surface area contributed by atoms with Gasteiger partial charge in [0.2, 0.25) is 0 Å². The Kier molecular flexibility index (Phi) is 5.81. The lowest BCUT2D eigenvalue weighted by molar-refractivity contribution is 0.0686. The molecule has 0 atom stereocenters. The number of halogens is 1. The average molecular weight is 366 g/mol. The smallest absolute Gasteiger partial charge is 0.352 e. The number of aromatic carboxylic acids is 1. The number of carboxylic acid groups (broad SMARTS) is 1. The molecule has 134 valence electrons. The summed E-state index contributed by atoms with van der Waals surface area (Å²) < 4.78 is 0.913.